The highest BCUT2D eigenvalue weighted by Gasteiger charge is 2.25. The molecule has 0 aliphatic carbocycles. The Kier molecular flexibility index (Phi) is 3.64. The molecule has 2 aromatic rings. The van der Waals surface area contributed by atoms with Gasteiger partial charge < -0.3 is 10.6 Å². The van der Waals surface area contributed by atoms with E-state index >= 15 is 0 Å². The average Bonchev–Trinajstić information content (AvgIpc) is 2.91. The molecule has 0 aromatic carbocycles. The number of hydrogen-bond donors (Lipinski definition) is 1. The molecule has 1 saturated heterocycles. The summed E-state index contributed by atoms with van der Waals surface area (Å²) in [5.41, 5.74) is 7.02. The molecule has 1 fully saturated rings. The van der Waals surface area contributed by atoms with Crippen LogP contribution in [0.2, 0.25) is 0 Å². The molecule has 1 unspecified atom stereocenters. The lowest BCUT2D eigenvalue weighted by molar-refractivity contribution is 0.0671. The van der Waals surface area contributed by atoms with Crippen LogP contribution in [-0.2, 0) is 0 Å². The summed E-state index contributed by atoms with van der Waals surface area (Å²) in [6, 6.07) is 0. The van der Waals surface area contributed by atoms with E-state index < -0.39 is 0 Å². The van der Waals surface area contributed by atoms with Crippen LogP contribution in [0.5, 0.6) is 0 Å². The number of fused-ring (bicyclic) bond motifs is 1. The van der Waals surface area contributed by atoms with E-state index in [9.17, 15) is 4.79 Å². The zero-order valence-corrected chi connectivity index (χ0v) is 11.4. The van der Waals surface area contributed by atoms with Crippen molar-refractivity contribution in [2.24, 2.45) is 11.7 Å². The van der Waals surface area contributed by atoms with Gasteiger partial charge in [0.25, 0.3) is 5.91 Å². The molecule has 3 heterocycles. The van der Waals surface area contributed by atoms with Crippen molar-refractivity contribution < 1.29 is 4.79 Å². The van der Waals surface area contributed by atoms with Crippen LogP contribution in [0.3, 0.4) is 0 Å². The van der Waals surface area contributed by atoms with E-state index in [0.29, 0.717) is 18.0 Å². The van der Waals surface area contributed by atoms with Crippen LogP contribution in [0, 0.1) is 5.92 Å². The van der Waals surface area contributed by atoms with Gasteiger partial charge in [-0.2, -0.15) is 5.10 Å². The minimum atomic E-state index is 0.0507. The second-order valence-electron chi connectivity index (χ2n) is 5.30. The van der Waals surface area contributed by atoms with Crippen molar-refractivity contribution in [3.05, 3.63) is 30.4 Å². The van der Waals surface area contributed by atoms with Crippen molar-refractivity contribution in [1.29, 1.82) is 0 Å². The maximum Gasteiger partial charge on any atom is 0.257 e. The Bertz CT molecular complexity index is 606. The molecule has 6 nitrogen and oxygen atoms in total. The van der Waals surface area contributed by atoms with Gasteiger partial charge in [-0.15, -0.1) is 0 Å². The summed E-state index contributed by atoms with van der Waals surface area (Å²) < 4.78 is 1.68. The van der Waals surface area contributed by atoms with Crippen molar-refractivity contribution in [3.8, 4) is 0 Å². The largest absolute Gasteiger partial charge is 0.338 e. The van der Waals surface area contributed by atoms with Gasteiger partial charge in [0.2, 0.25) is 0 Å². The molecule has 0 radical (unpaired) electrons. The number of nitrogens with zero attached hydrogens (tertiary/aromatic N) is 4. The molecule has 3 rings (SSSR count). The van der Waals surface area contributed by atoms with E-state index in [1.165, 1.54) is 0 Å². The Hall–Kier alpha value is -1.95. The van der Waals surface area contributed by atoms with Crippen LogP contribution in [0.25, 0.3) is 5.52 Å². The summed E-state index contributed by atoms with van der Waals surface area (Å²) >= 11 is 0. The number of amides is 1. The van der Waals surface area contributed by atoms with E-state index in [1.807, 2.05) is 4.90 Å². The van der Waals surface area contributed by atoms with Crippen molar-refractivity contribution in [3.63, 3.8) is 0 Å². The van der Waals surface area contributed by atoms with Crippen LogP contribution in [0.4, 0.5) is 0 Å². The highest BCUT2D eigenvalue weighted by Crippen LogP contribution is 2.21. The molecule has 0 spiro atoms. The van der Waals surface area contributed by atoms with Gasteiger partial charge in [0.1, 0.15) is 0 Å². The average molecular weight is 273 g/mol. The zero-order chi connectivity index (χ0) is 13.9. The summed E-state index contributed by atoms with van der Waals surface area (Å²) in [6.45, 7) is 2.30. The number of carbonyl (C=O) groups excluding carboxylic acids is 1. The first-order valence-electron chi connectivity index (χ1n) is 7.06. The topological polar surface area (TPSA) is 76.5 Å². The Morgan fingerprint density at radius 2 is 2.35 bits per heavy atom. The van der Waals surface area contributed by atoms with Crippen LogP contribution in [0.15, 0.2) is 24.8 Å². The molecule has 2 aromatic heterocycles. The predicted octanol–water partition coefficient (Wildman–Crippen LogP) is 0.930. The van der Waals surface area contributed by atoms with Crippen LogP contribution in [-0.4, -0.2) is 45.0 Å². The van der Waals surface area contributed by atoms with E-state index in [-0.39, 0.29) is 5.91 Å². The molecular formula is C14H19N5O. The number of piperidine rings is 1. The fourth-order valence-electron chi connectivity index (χ4n) is 2.89. The standard InChI is InChI=1S/C14H19N5O/c15-4-3-11-2-1-6-18(10-11)14(20)12-8-17-19-7-5-16-9-13(12)19/h5,7-9,11H,1-4,6,10,15H2. The third-order valence-electron chi connectivity index (χ3n) is 3.94. The second-order valence-corrected chi connectivity index (χ2v) is 5.30. The van der Waals surface area contributed by atoms with E-state index in [0.717, 1.165) is 37.9 Å². The van der Waals surface area contributed by atoms with Crippen LogP contribution >= 0.6 is 0 Å². The van der Waals surface area contributed by atoms with Crippen molar-refractivity contribution in [1.82, 2.24) is 19.5 Å². The molecule has 1 aliphatic heterocycles. The summed E-state index contributed by atoms with van der Waals surface area (Å²) in [5, 5.41) is 4.20. The van der Waals surface area contributed by atoms with Crippen LogP contribution in [0.1, 0.15) is 29.6 Å². The third kappa shape index (κ3) is 2.38. The lowest BCUT2D eigenvalue weighted by atomic mass is 9.94. The smallest absolute Gasteiger partial charge is 0.257 e. The van der Waals surface area contributed by atoms with Gasteiger partial charge in [0.15, 0.2) is 0 Å². The second kappa shape index (κ2) is 5.58. The molecule has 1 aliphatic rings. The summed E-state index contributed by atoms with van der Waals surface area (Å²) in [6.07, 6.45) is 9.92. The maximum atomic E-state index is 12.6. The first kappa shape index (κ1) is 13.1. The molecule has 106 valence electrons. The summed E-state index contributed by atoms with van der Waals surface area (Å²) in [7, 11) is 0. The van der Waals surface area contributed by atoms with Gasteiger partial charge in [-0.25, -0.2) is 4.52 Å². The fourth-order valence-corrected chi connectivity index (χ4v) is 2.89. The number of likely N-dealkylation sites (tertiary alicyclic amines) is 1. The van der Waals surface area contributed by atoms with Gasteiger partial charge in [0.05, 0.1) is 23.5 Å². The van der Waals surface area contributed by atoms with Gasteiger partial charge in [-0.05, 0) is 31.7 Å². The number of nitrogens with two attached hydrogens (primary N) is 1. The third-order valence-corrected chi connectivity index (χ3v) is 3.94. The number of carbonyl (C=O) groups is 1. The van der Waals surface area contributed by atoms with Crippen molar-refractivity contribution in [2.75, 3.05) is 19.6 Å². The first-order valence-corrected chi connectivity index (χ1v) is 7.06. The quantitative estimate of drug-likeness (QED) is 0.902. The summed E-state index contributed by atoms with van der Waals surface area (Å²) in [4.78, 5) is 18.6. The molecule has 1 amide bonds. The molecule has 2 N–H and O–H groups in total. The van der Waals surface area contributed by atoms with Crippen molar-refractivity contribution >= 4 is 11.4 Å². The minimum absolute atomic E-state index is 0.0507. The fraction of sp³-hybridized carbons (Fsp3) is 0.500. The molecular weight excluding hydrogens is 254 g/mol. The zero-order valence-electron chi connectivity index (χ0n) is 11.4. The van der Waals surface area contributed by atoms with Gasteiger partial charge in [-0.3, -0.25) is 9.78 Å². The van der Waals surface area contributed by atoms with Crippen molar-refractivity contribution in [2.45, 2.75) is 19.3 Å². The lowest BCUT2D eigenvalue weighted by Crippen LogP contribution is -2.40. The maximum absolute atomic E-state index is 12.6. The molecule has 1 atom stereocenters. The SMILES string of the molecule is NCCC1CCCN(C(=O)c2cnn3ccncc23)C1. The Morgan fingerprint density at radius 1 is 1.45 bits per heavy atom. The molecule has 6 heteroatoms. The highest BCUT2D eigenvalue weighted by atomic mass is 16.2. The molecule has 0 saturated carbocycles. The van der Waals surface area contributed by atoms with Crippen LogP contribution < -0.4 is 5.73 Å². The number of hydrogen-bond acceptors (Lipinski definition) is 4. The van der Waals surface area contributed by atoms with Gasteiger partial charge >= 0.3 is 0 Å². The number of aromatic nitrogens is 3. The molecule has 20 heavy (non-hydrogen) atoms. The molecule has 0 bridgehead atoms. The summed E-state index contributed by atoms with van der Waals surface area (Å²) in [5.74, 6) is 0.576. The lowest BCUT2D eigenvalue weighted by Gasteiger charge is -2.32. The Balaban J connectivity index is 1.81. The normalized spacial score (nSPS) is 19.4. The minimum Gasteiger partial charge on any atom is -0.338 e. The first-order chi connectivity index (χ1) is 9.79. The monoisotopic (exact) mass is 273 g/mol. The Labute approximate surface area is 117 Å². The van der Waals surface area contributed by atoms with E-state index in [2.05, 4.69) is 10.1 Å². The predicted molar refractivity (Wildman–Crippen MR) is 75.3 cm³/mol. The van der Waals surface area contributed by atoms with E-state index in [4.69, 9.17) is 5.73 Å². The van der Waals surface area contributed by atoms with Gasteiger partial charge in [0, 0.05) is 25.5 Å². The highest BCUT2D eigenvalue weighted by molar-refractivity contribution is 6.00. The van der Waals surface area contributed by atoms with E-state index in [1.54, 1.807) is 29.3 Å². The number of rotatable bonds is 3. The van der Waals surface area contributed by atoms with Gasteiger partial charge in [-0.1, -0.05) is 0 Å². The Morgan fingerprint density at radius 3 is 3.20 bits per heavy atom.